The molecule has 3 aliphatic rings. The summed E-state index contributed by atoms with van der Waals surface area (Å²) in [5, 5.41) is 5.59. The van der Waals surface area contributed by atoms with Crippen molar-refractivity contribution in [1.29, 1.82) is 0 Å². The number of urea groups is 1. The average molecular weight is 337 g/mol. The van der Waals surface area contributed by atoms with Crippen LogP contribution < -0.4 is 10.6 Å². The average Bonchev–Trinajstić information content (AvgIpc) is 3.10. The number of carbonyl (C=O) groups excluding carboxylic acids is 3. The highest BCUT2D eigenvalue weighted by Gasteiger charge is 2.53. The van der Waals surface area contributed by atoms with Crippen molar-refractivity contribution in [3.05, 3.63) is 11.6 Å². The zero-order valence-electron chi connectivity index (χ0n) is 13.2. The van der Waals surface area contributed by atoms with Crippen LogP contribution in [0.4, 0.5) is 4.79 Å². The van der Waals surface area contributed by atoms with Crippen LogP contribution in [0.3, 0.4) is 0 Å². The molecular formula is C16H23N3O3S. The Morgan fingerprint density at radius 3 is 2.96 bits per heavy atom. The minimum absolute atomic E-state index is 0.184. The van der Waals surface area contributed by atoms with E-state index in [-0.39, 0.29) is 18.4 Å². The van der Waals surface area contributed by atoms with Crippen LogP contribution >= 0.6 is 11.8 Å². The summed E-state index contributed by atoms with van der Waals surface area (Å²) in [6.07, 6.45) is 8.48. The Kier molecular flexibility index (Phi) is 4.94. The molecule has 2 N–H and O–H groups in total. The molecule has 1 spiro atoms. The molecule has 126 valence electrons. The SMILES string of the molecule is O=C(CN1C(=O)N[C@]2(CCSC2)C1=O)NCCC1=CCCCC1. The van der Waals surface area contributed by atoms with E-state index in [1.165, 1.54) is 18.4 Å². The molecule has 23 heavy (non-hydrogen) atoms. The maximum Gasteiger partial charge on any atom is 0.325 e. The summed E-state index contributed by atoms with van der Waals surface area (Å²) in [5.74, 6) is 0.940. The van der Waals surface area contributed by atoms with Gasteiger partial charge in [0.25, 0.3) is 5.91 Å². The van der Waals surface area contributed by atoms with E-state index in [0.717, 1.165) is 29.9 Å². The quantitative estimate of drug-likeness (QED) is 0.587. The normalized spacial score (nSPS) is 27.3. The fraction of sp³-hybridized carbons (Fsp3) is 0.688. The number of nitrogens with zero attached hydrogens (tertiary/aromatic N) is 1. The lowest BCUT2D eigenvalue weighted by Gasteiger charge is -2.19. The molecule has 1 atom stereocenters. The number of allylic oxidation sites excluding steroid dienone is 1. The van der Waals surface area contributed by atoms with Gasteiger partial charge in [0.1, 0.15) is 12.1 Å². The van der Waals surface area contributed by atoms with E-state index in [9.17, 15) is 14.4 Å². The maximum absolute atomic E-state index is 12.4. The lowest BCUT2D eigenvalue weighted by molar-refractivity contribution is -0.134. The molecule has 0 radical (unpaired) electrons. The topological polar surface area (TPSA) is 78.5 Å². The van der Waals surface area contributed by atoms with E-state index in [1.54, 1.807) is 11.8 Å². The number of imide groups is 1. The van der Waals surface area contributed by atoms with Gasteiger partial charge in [-0.15, -0.1) is 0 Å². The van der Waals surface area contributed by atoms with Crippen LogP contribution in [0.25, 0.3) is 0 Å². The van der Waals surface area contributed by atoms with E-state index in [0.29, 0.717) is 18.7 Å². The zero-order chi connectivity index (χ0) is 16.3. The summed E-state index contributed by atoms with van der Waals surface area (Å²) < 4.78 is 0. The predicted molar refractivity (Wildman–Crippen MR) is 89.1 cm³/mol. The third kappa shape index (κ3) is 3.54. The van der Waals surface area contributed by atoms with Crippen molar-refractivity contribution in [1.82, 2.24) is 15.5 Å². The van der Waals surface area contributed by atoms with Gasteiger partial charge in [0, 0.05) is 12.3 Å². The Morgan fingerprint density at radius 1 is 1.39 bits per heavy atom. The van der Waals surface area contributed by atoms with Gasteiger partial charge < -0.3 is 10.6 Å². The van der Waals surface area contributed by atoms with Gasteiger partial charge in [0.15, 0.2) is 0 Å². The highest BCUT2D eigenvalue weighted by molar-refractivity contribution is 7.99. The van der Waals surface area contributed by atoms with Gasteiger partial charge in [-0.3, -0.25) is 14.5 Å². The first-order chi connectivity index (χ1) is 11.1. The highest BCUT2D eigenvalue weighted by Crippen LogP contribution is 2.33. The van der Waals surface area contributed by atoms with Crippen LogP contribution in [-0.2, 0) is 9.59 Å². The first-order valence-corrected chi connectivity index (χ1v) is 9.43. The lowest BCUT2D eigenvalue weighted by atomic mass is 9.97. The van der Waals surface area contributed by atoms with E-state index in [2.05, 4.69) is 16.7 Å². The van der Waals surface area contributed by atoms with Crippen LogP contribution in [0.1, 0.15) is 38.5 Å². The smallest absolute Gasteiger partial charge is 0.325 e. The van der Waals surface area contributed by atoms with Gasteiger partial charge >= 0.3 is 6.03 Å². The molecule has 0 bridgehead atoms. The van der Waals surface area contributed by atoms with E-state index in [4.69, 9.17) is 0 Å². The van der Waals surface area contributed by atoms with E-state index in [1.807, 2.05) is 0 Å². The molecular weight excluding hydrogens is 314 g/mol. The molecule has 0 unspecified atom stereocenters. The second kappa shape index (κ2) is 6.95. The molecule has 0 aromatic carbocycles. The van der Waals surface area contributed by atoms with E-state index < -0.39 is 11.6 Å². The predicted octanol–water partition coefficient (Wildman–Crippen LogP) is 1.42. The number of hydrogen-bond donors (Lipinski definition) is 2. The Hall–Kier alpha value is -1.50. The molecule has 2 saturated heterocycles. The molecule has 2 fully saturated rings. The van der Waals surface area contributed by atoms with Gasteiger partial charge in [-0.1, -0.05) is 11.6 Å². The number of nitrogens with one attached hydrogen (secondary N) is 2. The first kappa shape index (κ1) is 16.4. The van der Waals surface area contributed by atoms with Crippen LogP contribution in [0.5, 0.6) is 0 Å². The van der Waals surface area contributed by atoms with E-state index >= 15 is 0 Å². The van der Waals surface area contributed by atoms with Crippen molar-refractivity contribution in [2.24, 2.45) is 0 Å². The molecule has 2 aliphatic heterocycles. The van der Waals surface area contributed by atoms with Gasteiger partial charge in [-0.05, 0) is 44.3 Å². The third-order valence-electron chi connectivity index (χ3n) is 4.72. The number of carbonyl (C=O) groups is 3. The Bertz CT molecular complexity index is 541. The summed E-state index contributed by atoms with van der Waals surface area (Å²) >= 11 is 1.66. The van der Waals surface area contributed by atoms with Gasteiger partial charge in [0.2, 0.25) is 5.91 Å². The monoisotopic (exact) mass is 337 g/mol. The standard InChI is InChI=1S/C16H23N3O3S/c20-13(17-8-6-12-4-2-1-3-5-12)10-19-14(21)16(18-15(19)22)7-9-23-11-16/h4H,1-3,5-11H2,(H,17,20)(H,18,22)/t16-/m0/s1. The fourth-order valence-corrected chi connectivity index (χ4v) is 4.67. The second-order valence-corrected chi connectivity index (χ2v) is 7.52. The van der Waals surface area contributed by atoms with Crippen molar-refractivity contribution in [3.8, 4) is 0 Å². The van der Waals surface area contributed by atoms with Crippen molar-refractivity contribution in [2.45, 2.75) is 44.1 Å². The Balaban J connectivity index is 1.47. The van der Waals surface area contributed by atoms with Crippen molar-refractivity contribution in [3.63, 3.8) is 0 Å². The maximum atomic E-state index is 12.4. The van der Waals surface area contributed by atoms with Crippen molar-refractivity contribution < 1.29 is 14.4 Å². The van der Waals surface area contributed by atoms with Crippen molar-refractivity contribution >= 4 is 29.6 Å². The van der Waals surface area contributed by atoms with Crippen LogP contribution in [0, 0.1) is 0 Å². The largest absolute Gasteiger partial charge is 0.354 e. The highest BCUT2D eigenvalue weighted by atomic mass is 32.2. The molecule has 3 rings (SSSR count). The summed E-state index contributed by atoms with van der Waals surface area (Å²) in [7, 11) is 0. The number of thioether (sulfide) groups is 1. The zero-order valence-corrected chi connectivity index (χ0v) is 14.0. The summed E-state index contributed by atoms with van der Waals surface area (Å²) in [4.78, 5) is 37.5. The second-order valence-electron chi connectivity index (χ2n) is 6.41. The molecule has 0 aromatic rings. The summed E-state index contributed by atoms with van der Waals surface area (Å²) in [6, 6.07) is -0.442. The first-order valence-electron chi connectivity index (χ1n) is 8.27. The van der Waals surface area contributed by atoms with Crippen molar-refractivity contribution in [2.75, 3.05) is 24.6 Å². The van der Waals surface area contributed by atoms with Crippen LogP contribution in [0.15, 0.2) is 11.6 Å². The van der Waals surface area contributed by atoms with Crippen LogP contribution in [-0.4, -0.2) is 52.9 Å². The molecule has 1 aliphatic carbocycles. The summed E-state index contributed by atoms with van der Waals surface area (Å²) in [6.45, 7) is 0.380. The van der Waals surface area contributed by atoms with Gasteiger partial charge in [-0.2, -0.15) is 11.8 Å². The molecule has 0 aromatic heterocycles. The fourth-order valence-electron chi connectivity index (χ4n) is 3.35. The number of amides is 4. The van der Waals surface area contributed by atoms with Gasteiger partial charge in [0.05, 0.1) is 0 Å². The molecule has 4 amide bonds. The minimum Gasteiger partial charge on any atom is -0.354 e. The summed E-state index contributed by atoms with van der Waals surface area (Å²) in [5.41, 5.74) is 0.628. The minimum atomic E-state index is -0.769. The number of rotatable bonds is 5. The molecule has 2 heterocycles. The van der Waals surface area contributed by atoms with Crippen LogP contribution in [0.2, 0.25) is 0 Å². The lowest BCUT2D eigenvalue weighted by Crippen LogP contribution is -2.47. The molecule has 6 nitrogen and oxygen atoms in total. The molecule has 7 heteroatoms. The third-order valence-corrected chi connectivity index (χ3v) is 5.91. The Labute approximate surface area is 140 Å². The number of hydrogen-bond acceptors (Lipinski definition) is 4. The Morgan fingerprint density at radius 2 is 2.26 bits per heavy atom. The van der Waals surface area contributed by atoms with Gasteiger partial charge in [-0.25, -0.2) is 4.79 Å². The molecule has 0 saturated carbocycles.